The highest BCUT2D eigenvalue weighted by Gasteiger charge is 2.54. The van der Waals surface area contributed by atoms with Gasteiger partial charge in [-0.05, 0) is 29.7 Å². The minimum Gasteiger partial charge on any atom is -0.396 e. The van der Waals surface area contributed by atoms with Gasteiger partial charge in [0.15, 0.2) is 0 Å². The van der Waals surface area contributed by atoms with Gasteiger partial charge >= 0.3 is 0 Å². The molecule has 2 saturated heterocycles. The molecule has 1 N–H and O–H groups in total. The van der Waals surface area contributed by atoms with Gasteiger partial charge in [-0.25, -0.2) is 0 Å². The Morgan fingerprint density at radius 3 is 2.41 bits per heavy atom. The van der Waals surface area contributed by atoms with Crippen molar-refractivity contribution in [2.75, 3.05) is 32.8 Å². The van der Waals surface area contributed by atoms with Crippen LogP contribution in [0.3, 0.4) is 0 Å². The molecule has 2 aliphatic heterocycles. The van der Waals surface area contributed by atoms with Crippen molar-refractivity contribution in [3.05, 3.63) is 60.2 Å². The zero-order valence-electron chi connectivity index (χ0n) is 16.5. The summed E-state index contributed by atoms with van der Waals surface area (Å²) in [7, 11) is 0. The van der Waals surface area contributed by atoms with E-state index < -0.39 is 5.41 Å². The second-order valence-corrected chi connectivity index (χ2v) is 8.79. The van der Waals surface area contributed by atoms with Crippen LogP contribution in [0.1, 0.15) is 23.2 Å². The van der Waals surface area contributed by atoms with Gasteiger partial charge in [-0.15, -0.1) is 0 Å². The van der Waals surface area contributed by atoms with Gasteiger partial charge in [-0.2, -0.15) is 0 Å². The molecule has 0 spiro atoms. The number of hydrogen-bond acceptors (Lipinski definition) is 3. The molecule has 2 aromatic carbocycles. The highest BCUT2D eigenvalue weighted by Crippen LogP contribution is 2.43. The molecule has 2 atom stereocenters. The fourth-order valence-corrected chi connectivity index (χ4v) is 5.39. The van der Waals surface area contributed by atoms with Gasteiger partial charge in [0.25, 0.3) is 5.91 Å². The van der Waals surface area contributed by atoms with Crippen LogP contribution in [0.25, 0.3) is 10.8 Å². The van der Waals surface area contributed by atoms with Crippen molar-refractivity contribution in [1.29, 1.82) is 0 Å². The van der Waals surface area contributed by atoms with Crippen molar-refractivity contribution in [2.45, 2.75) is 12.8 Å². The number of carbonyl (C=O) groups excluding carboxylic acids is 2. The van der Waals surface area contributed by atoms with Crippen molar-refractivity contribution in [3.63, 3.8) is 0 Å². The van der Waals surface area contributed by atoms with Crippen LogP contribution in [-0.4, -0.2) is 59.5 Å². The Hall–Kier alpha value is -2.66. The van der Waals surface area contributed by atoms with Crippen molar-refractivity contribution >= 4 is 22.6 Å². The van der Waals surface area contributed by atoms with E-state index in [4.69, 9.17) is 0 Å². The highest BCUT2D eigenvalue weighted by molar-refractivity contribution is 6.07. The minimum atomic E-state index is -0.401. The number of carbonyl (C=O) groups is 2. The fraction of sp³-hybridized carbons (Fsp3) is 0.417. The molecule has 0 bridgehead atoms. The first-order valence-corrected chi connectivity index (χ1v) is 10.4. The maximum absolute atomic E-state index is 13.3. The lowest BCUT2D eigenvalue weighted by molar-refractivity contribution is -0.134. The van der Waals surface area contributed by atoms with Crippen LogP contribution in [0.4, 0.5) is 0 Å². The Morgan fingerprint density at radius 2 is 1.66 bits per heavy atom. The smallest absolute Gasteiger partial charge is 0.254 e. The number of hydrogen-bond donors (Lipinski definition) is 1. The summed E-state index contributed by atoms with van der Waals surface area (Å²) in [6, 6.07) is 13.7. The number of nitrogens with zero attached hydrogens (tertiary/aromatic N) is 2. The lowest BCUT2D eigenvalue weighted by Gasteiger charge is -2.28. The summed E-state index contributed by atoms with van der Waals surface area (Å²) in [5, 5.41) is 12.3. The quantitative estimate of drug-likeness (QED) is 0.820. The number of fused-ring (bicyclic) bond motifs is 2. The standard InChI is InChI=1S/C24H26N2O3/c27-16-24-14-25(22(28)18-7-1-2-8-18)12-19(24)13-26(15-24)23(29)21-11-5-9-17-6-3-4-10-20(17)21/h1-6,9-11,18-19,27H,7-8,12-16H2/t19-,24+/m0/s1. The lowest BCUT2D eigenvalue weighted by Crippen LogP contribution is -2.41. The molecule has 2 fully saturated rings. The molecule has 0 radical (unpaired) electrons. The second kappa shape index (κ2) is 6.99. The molecule has 1 aliphatic carbocycles. The van der Waals surface area contributed by atoms with Gasteiger partial charge in [-0.1, -0.05) is 48.6 Å². The molecule has 0 unspecified atom stereocenters. The van der Waals surface area contributed by atoms with E-state index >= 15 is 0 Å². The van der Waals surface area contributed by atoms with Crippen LogP contribution in [0.15, 0.2) is 54.6 Å². The van der Waals surface area contributed by atoms with Gasteiger partial charge < -0.3 is 14.9 Å². The molecule has 5 rings (SSSR count). The van der Waals surface area contributed by atoms with E-state index in [2.05, 4.69) is 12.2 Å². The molecule has 0 saturated carbocycles. The molecular weight excluding hydrogens is 364 g/mol. The summed E-state index contributed by atoms with van der Waals surface area (Å²) >= 11 is 0. The number of benzene rings is 2. The Bertz CT molecular complexity index is 987. The summed E-state index contributed by atoms with van der Waals surface area (Å²) in [6.45, 7) is 2.28. The van der Waals surface area contributed by atoms with Crippen LogP contribution in [0, 0.1) is 17.3 Å². The molecule has 5 heteroatoms. The molecule has 29 heavy (non-hydrogen) atoms. The predicted octanol–water partition coefficient (Wildman–Crippen LogP) is 2.70. The summed E-state index contributed by atoms with van der Waals surface area (Å²) in [5.41, 5.74) is 0.309. The number of amides is 2. The maximum Gasteiger partial charge on any atom is 0.254 e. The molecule has 5 nitrogen and oxygen atoms in total. The molecule has 0 aromatic heterocycles. The topological polar surface area (TPSA) is 60.9 Å². The third kappa shape index (κ3) is 2.96. The summed E-state index contributed by atoms with van der Waals surface area (Å²) in [4.78, 5) is 30.0. The van der Waals surface area contributed by atoms with E-state index in [1.807, 2.05) is 52.3 Å². The molecular formula is C24H26N2O3. The maximum atomic E-state index is 13.3. The first kappa shape index (κ1) is 18.4. The minimum absolute atomic E-state index is 0.00365. The first-order chi connectivity index (χ1) is 14.1. The van der Waals surface area contributed by atoms with E-state index in [9.17, 15) is 14.7 Å². The van der Waals surface area contributed by atoms with Crippen LogP contribution in [-0.2, 0) is 4.79 Å². The third-order valence-corrected chi connectivity index (χ3v) is 7.05. The average Bonchev–Trinajstić information content (AvgIpc) is 3.47. The van der Waals surface area contributed by atoms with E-state index in [-0.39, 0.29) is 30.3 Å². The fourth-order valence-electron chi connectivity index (χ4n) is 5.39. The Kier molecular flexibility index (Phi) is 4.43. The molecule has 2 heterocycles. The van der Waals surface area contributed by atoms with Gasteiger partial charge in [0.1, 0.15) is 0 Å². The number of allylic oxidation sites excluding steroid dienone is 2. The summed E-state index contributed by atoms with van der Waals surface area (Å²) in [5.74, 6) is 0.397. The number of aliphatic hydroxyl groups is 1. The van der Waals surface area contributed by atoms with Crippen molar-refractivity contribution in [2.24, 2.45) is 17.3 Å². The lowest BCUT2D eigenvalue weighted by atomic mass is 9.82. The first-order valence-electron chi connectivity index (χ1n) is 10.4. The number of aliphatic hydroxyl groups excluding tert-OH is 1. The van der Waals surface area contributed by atoms with E-state index in [0.717, 1.165) is 23.6 Å². The molecule has 2 aromatic rings. The van der Waals surface area contributed by atoms with E-state index in [1.165, 1.54) is 0 Å². The molecule has 3 aliphatic rings. The average molecular weight is 390 g/mol. The second-order valence-electron chi connectivity index (χ2n) is 8.79. The Labute approximate surface area is 170 Å². The van der Waals surface area contributed by atoms with Crippen LogP contribution in [0.2, 0.25) is 0 Å². The SMILES string of the molecule is O=C(c1cccc2ccccc12)N1C[C@@H]2CN(C(=O)C3CC=CC3)C[C@]2(CO)C1. The zero-order valence-corrected chi connectivity index (χ0v) is 16.5. The van der Waals surface area contributed by atoms with Crippen LogP contribution >= 0.6 is 0 Å². The predicted molar refractivity (Wildman–Crippen MR) is 111 cm³/mol. The largest absolute Gasteiger partial charge is 0.396 e. The van der Waals surface area contributed by atoms with Crippen molar-refractivity contribution < 1.29 is 14.7 Å². The summed E-state index contributed by atoms with van der Waals surface area (Å²) < 4.78 is 0. The Balaban J connectivity index is 1.35. The van der Waals surface area contributed by atoms with Crippen molar-refractivity contribution in [1.82, 2.24) is 9.80 Å². The van der Waals surface area contributed by atoms with E-state index in [0.29, 0.717) is 31.7 Å². The van der Waals surface area contributed by atoms with Gasteiger partial charge in [0.2, 0.25) is 5.91 Å². The third-order valence-electron chi connectivity index (χ3n) is 7.05. The normalized spacial score (nSPS) is 26.4. The van der Waals surface area contributed by atoms with Crippen LogP contribution in [0.5, 0.6) is 0 Å². The molecule has 150 valence electrons. The summed E-state index contributed by atoms with van der Waals surface area (Å²) in [6.07, 6.45) is 5.79. The monoisotopic (exact) mass is 390 g/mol. The van der Waals surface area contributed by atoms with Crippen LogP contribution < -0.4 is 0 Å². The zero-order chi connectivity index (χ0) is 20.0. The highest BCUT2D eigenvalue weighted by atomic mass is 16.3. The number of rotatable bonds is 3. The van der Waals surface area contributed by atoms with Gasteiger partial charge in [0, 0.05) is 49.0 Å². The van der Waals surface area contributed by atoms with Crippen molar-refractivity contribution in [3.8, 4) is 0 Å². The van der Waals surface area contributed by atoms with E-state index in [1.54, 1.807) is 0 Å². The van der Waals surface area contributed by atoms with Gasteiger partial charge in [-0.3, -0.25) is 9.59 Å². The Morgan fingerprint density at radius 1 is 0.966 bits per heavy atom. The number of likely N-dealkylation sites (tertiary alicyclic amines) is 2. The molecule has 2 amide bonds. The van der Waals surface area contributed by atoms with Gasteiger partial charge in [0.05, 0.1) is 6.61 Å².